The standard InChI is InChI=1S/C27H44O3/c1-5-6-7-8-9-10-11-12-19-29-24-16-14-23(15-17-24)27(28)30-26-20-22(4)13-18-25(26)21(2)3/h14-17,21-22,25-26H,5-13,18-20H2,1-4H3/t22-,25+,26-/m1/s1. The zero-order valence-electron chi connectivity index (χ0n) is 19.8. The van der Waals surface area contributed by atoms with Crippen molar-refractivity contribution in [2.24, 2.45) is 17.8 Å². The summed E-state index contributed by atoms with van der Waals surface area (Å²) in [7, 11) is 0. The van der Waals surface area contributed by atoms with E-state index >= 15 is 0 Å². The Labute approximate surface area is 184 Å². The van der Waals surface area contributed by atoms with Crippen molar-refractivity contribution in [3.8, 4) is 5.75 Å². The zero-order valence-corrected chi connectivity index (χ0v) is 19.8. The van der Waals surface area contributed by atoms with Crippen LogP contribution in [0.5, 0.6) is 5.75 Å². The van der Waals surface area contributed by atoms with E-state index in [1.54, 1.807) is 0 Å². The fourth-order valence-corrected chi connectivity index (χ4v) is 4.57. The van der Waals surface area contributed by atoms with Gasteiger partial charge in [0.25, 0.3) is 0 Å². The molecule has 0 saturated heterocycles. The molecule has 1 aliphatic carbocycles. The summed E-state index contributed by atoms with van der Waals surface area (Å²) in [5.41, 5.74) is 0.621. The van der Waals surface area contributed by atoms with E-state index in [0.717, 1.165) is 31.6 Å². The lowest BCUT2D eigenvalue weighted by molar-refractivity contribution is -0.0174. The lowest BCUT2D eigenvalue weighted by Gasteiger charge is -2.36. The molecule has 170 valence electrons. The van der Waals surface area contributed by atoms with Gasteiger partial charge < -0.3 is 9.47 Å². The molecule has 1 aromatic carbocycles. The summed E-state index contributed by atoms with van der Waals surface area (Å²) in [6.45, 7) is 9.73. The summed E-state index contributed by atoms with van der Waals surface area (Å²) in [6, 6.07) is 7.46. The SMILES string of the molecule is CCCCCCCCCCOc1ccc(C(=O)O[C@@H]2C[C@H](C)CC[C@H]2C(C)C)cc1. The number of benzene rings is 1. The molecule has 0 amide bonds. The molecule has 3 heteroatoms. The Hall–Kier alpha value is -1.51. The van der Waals surface area contributed by atoms with Gasteiger partial charge in [0.2, 0.25) is 0 Å². The minimum atomic E-state index is -0.200. The molecule has 1 fully saturated rings. The lowest BCUT2D eigenvalue weighted by atomic mass is 9.75. The van der Waals surface area contributed by atoms with E-state index < -0.39 is 0 Å². The summed E-state index contributed by atoms with van der Waals surface area (Å²) >= 11 is 0. The Morgan fingerprint density at radius 1 is 0.967 bits per heavy atom. The maximum atomic E-state index is 12.7. The van der Waals surface area contributed by atoms with Crippen LogP contribution in [-0.2, 0) is 4.74 Å². The van der Waals surface area contributed by atoms with Gasteiger partial charge in [0, 0.05) is 0 Å². The molecule has 0 aromatic heterocycles. The van der Waals surface area contributed by atoms with Crippen LogP contribution < -0.4 is 4.74 Å². The summed E-state index contributed by atoms with van der Waals surface area (Å²) in [4.78, 5) is 12.7. The number of carbonyl (C=O) groups excluding carboxylic acids is 1. The molecule has 0 heterocycles. The van der Waals surface area contributed by atoms with Crippen molar-refractivity contribution in [1.29, 1.82) is 0 Å². The van der Waals surface area contributed by atoms with Gasteiger partial charge in [-0.1, -0.05) is 79.1 Å². The highest BCUT2D eigenvalue weighted by molar-refractivity contribution is 5.89. The maximum absolute atomic E-state index is 12.7. The van der Waals surface area contributed by atoms with Crippen LogP contribution in [0, 0.1) is 17.8 Å². The lowest BCUT2D eigenvalue weighted by Crippen LogP contribution is -2.35. The molecule has 1 aromatic rings. The Balaban J connectivity index is 1.69. The maximum Gasteiger partial charge on any atom is 0.338 e. The van der Waals surface area contributed by atoms with Crippen molar-refractivity contribution >= 4 is 5.97 Å². The highest BCUT2D eigenvalue weighted by Crippen LogP contribution is 2.35. The Morgan fingerprint density at radius 3 is 2.23 bits per heavy atom. The van der Waals surface area contributed by atoms with Crippen molar-refractivity contribution in [1.82, 2.24) is 0 Å². The summed E-state index contributed by atoms with van der Waals surface area (Å²) in [5, 5.41) is 0. The number of rotatable bonds is 13. The van der Waals surface area contributed by atoms with Crippen molar-refractivity contribution in [3.05, 3.63) is 29.8 Å². The Bertz CT molecular complexity index is 593. The second-order valence-electron chi connectivity index (χ2n) is 9.62. The van der Waals surface area contributed by atoms with Gasteiger partial charge in [-0.3, -0.25) is 0 Å². The van der Waals surface area contributed by atoms with Crippen LogP contribution in [0.2, 0.25) is 0 Å². The predicted octanol–water partition coefficient (Wildman–Crippen LogP) is 7.82. The van der Waals surface area contributed by atoms with Crippen LogP contribution in [0.15, 0.2) is 24.3 Å². The number of unbranched alkanes of at least 4 members (excludes halogenated alkanes) is 7. The van der Waals surface area contributed by atoms with Crippen molar-refractivity contribution < 1.29 is 14.3 Å². The summed E-state index contributed by atoms with van der Waals surface area (Å²) < 4.78 is 11.8. The molecule has 1 saturated carbocycles. The minimum Gasteiger partial charge on any atom is -0.494 e. The van der Waals surface area contributed by atoms with Crippen LogP contribution in [0.1, 0.15) is 109 Å². The fourth-order valence-electron chi connectivity index (χ4n) is 4.57. The van der Waals surface area contributed by atoms with E-state index in [1.165, 1.54) is 51.4 Å². The monoisotopic (exact) mass is 416 g/mol. The molecule has 0 bridgehead atoms. The largest absolute Gasteiger partial charge is 0.494 e. The molecule has 3 nitrogen and oxygen atoms in total. The van der Waals surface area contributed by atoms with Crippen LogP contribution in [0.4, 0.5) is 0 Å². The zero-order chi connectivity index (χ0) is 21.8. The van der Waals surface area contributed by atoms with Gasteiger partial charge in [-0.2, -0.15) is 0 Å². The molecule has 1 aliphatic rings. The topological polar surface area (TPSA) is 35.5 Å². The molecule has 0 radical (unpaired) electrons. The first-order valence-corrected chi connectivity index (χ1v) is 12.4. The van der Waals surface area contributed by atoms with E-state index in [-0.39, 0.29) is 12.1 Å². The first-order valence-electron chi connectivity index (χ1n) is 12.4. The van der Waals surface area contributed by atoms with Gasteiger partial charge >= 0.3 is 5.97 Å². The first-order chi connectivity index (χ1) is 14.5. The molecule has 30 heavy (non-hydrogen) atoms. The number of hydrogen-bond donors (Lipinski definition) is 0. The van der Waals surface area contributed by atoms with Gasteiger partial charge in [-0.15, -0.1) is 0 Å². The molecule has 0 N–H and O–H groups in total. The quantitative estimate of drug-likeness (QED) is 0.243. The molecular weight excluding hydrogens is 372 g/mol. The average Bonchev–Trinajstić information content (AvgIpc) is 2.73. The Morgan fingerprint density at radius 2 is 1.60 bits per heavy atom. The molecule has 0 aliphatic heterocycles. The van der Waals surface area contributed by atoms with E-state index in [9.17, 15) is 4.79 Å². The number of ether oxygens (including phenoxy) is 2. The molecular formula is C27H44O3. The summed E-state index contributed by atoms with van der Waals surface area (Å²) in [5.74, 6) is 2.28. The van der Waals surface area contributed by atoms with Gasteiger partial charge in [-0.05, 0) is 61.3 Å². The van der Waals surface area contributed by atoms with Crippen LogP contribution in [0.3, 0.4) is 0 Å². The van der Waals surface area contributed by atoms with Gasteiger partial charge in [0.15, 0.2) is 0 Å². The third-order valence-electron chi connectivity index (χ3n) is 6.58. The number of hydrogen-bond acceptors (Lipinski definition) is 3. The smallest absolute Gasteiger partial charge is 0.338 e. The minimum absolute atomic E-state index is 0.0409. The second kappa shape index (κ2) is 13.7. The van der Waals surface area contributed by atoms with Crippen molar-refractivity contribution in [3.63, 3.8) is 0 Å². The summed E-state index contributed by atoms with van der Waals surface area (Å²) in [6.07, 6.45) is 13.8. The normalized spacial score (nSPS) is 21.6. The van der Waals surface area contributed by atoms with Crippen LogP contribution in [-0.4, -0.2) is 18.7 Å². The third-order valence-corrected chi connectivity index (χ3v) is 6.58. The van der Waals surface area contributed by atoms with E-state index in [4.69, 9.17) is 9.47 Å². The first kappa shape index (κ1) is 24.8. The predicted molar refractivity (Wildman–Crippen MR) is 125 cm³/mol. The molecule has 0 unspecified atom stereocenters. The number of carbonyl (C=O) groups is 1. The van der Waals surface area contributed by atoms with Gasteiger partial charge in [-0.25, -0.2) is 4.79 Å². The van der Waals surface area contributed by atoms with Crippen molar-refractivity contribution in [2.45, 2.75) is 104 Å². The van der Waals surface area contributed by atoms with Crippen LogP contribution >= 0.6 is 0 Å². The second-order valence-corrected chi connectivity index (χ2v) is 9.62. The fraction of sp³-hybridized carbons (Fsp3) is 0.741. The van der Waals surface area contributed by atoms with Gasteiger partial charge in [0.1, 0.15) is 11.9 Å². The van der Waals surface area contributed by atoms with E-state index in [0.29, 0.717) is 23.3 Å². The molecule has 3 atom stereocenters. The third kappa shape index (κ3) is 8.70. The van der Waals surface area contributed by atoms with E-state index in [1.807, 2.05) is 24.3 Å². The van der Waals surface area contributed by atoms with Crippen LogP contribution in [0.25, 0.3) is 0 Å². The molecule has 2 rings (SSSR count). The number of esters is 1. The highest BCUT2D eigenvalue weighted by atomic mass is 16.5. The molecule has 0 spiro atoms. The van der Waals surface area contributed by atoms with Gasteiger partial charge in [0.05, 0.1) is 12.2 Å². The Kier molecular flexibility index (Phi) is 11.3. The van der Waals surface area contributed by atoms with E-state index in [2.05, 4.69) is 27.7 Å². The highest BCUT2D eigenvalue weighted by Gasteiger charge is 2.33. The van der Waals surface area contributed by atoms with Crippen molar-refractivity contribution in [2.75, 3.05) is 6.61 Å². The average molecular weight is 417 g/mol.